The van der Waals surface area contributed by atoms with Gasteiger partial charge in [-0.15, -0.1) is 10.2 Å². The Morgan fingerprint density at radius 3 is 2.44 bits per heavy atom. The van der Waals surface area contributed by atoms with Gasteiger partial charge in [-0.05, 0) is 0 Å². The van der Waals surface area contributed by atoms with E-state index >= 15 is 0 Å². The van der Waals surface area contributed by atoms with Gasteiger partial charge in [-0.1, -0.05) is 51.1 Å². The molecule has 0 aliphatic rings. The van der Waals surface area contributed by atoms with Crippen molar-refractivity contribution < 1.29 is 4.79 Å². The second kappa shape index (κ2) is 4.60. The molecule has 0 radical (unpaired) electrons. The molecule has 0 aliphatic heterocycles. The van der Waals surface area contributed by atoms with E-state index in [1.807, 2.05) is 51.1 Å². The predicted octanol–water partition coefficient (Wildman–Crippen LogP) is 2.46. The van der Waals surface area contributed by atoms with Crippen molar-refractivity contribution in [1.29, 1.82) is 0 Å². The van der Waals surface area contributed by atoms with E-state index in [-0.39, 0.29) is 5.91 Å². The second-order valence-corrected chi connectivity index (χ2v) is 5.09. The monoisotopic (exact) mass is 244 g/mol. The highest BCUT2D eigenvalue weighted by Gasteiger charge is 2.22. The third-order valence-corrected chi connectivity index (χ3v) is 2.45. The lowest BCUT2D eigenvalue weighted by Crippen LogP contribution is -2.28. The highest BCUT2D eigenvalue weighted by atomic mass is 16.2. The minimum absolute atomic E-state index is 0.0988. The van der Waals surface area contributed by atoms with Crippen molar-refractivity contribution in [3.8, 4) is 11.4 Å². The summed E-state index contributed by atoms with van der Waals surface area (Å²) in [6.07, 6.45) is 0. The van der Waals surface area contributed by atoms with Crippen LogP contribution in [-0.4, -0.2) is 21.1 Å². The Morgan fingerprint density at radius 1 is 1.17 bits per heavy atom. The molecule has 2 aromatic rings. The van der Waals surface area contributed by atoms with Crippen LogP contribution in [0, 0.1) is 5.41 Å². The van der Waals surface area contributed by atoms with Gasteiger partial charge in [-0.25, -0.2) is 0 Å². The van der Waals surface area contributed by atoms with Crippen molar-refractivity contribution in [2.24, 2.45) is 5.41 Å². The molecule has 1 heterocycles. The lowest BCUT2D eigenvalue weighted by atomic mass is 9.96. The Bertz CT molecular complexity index is 540. The van der Waals surface area contributed by atoms with Crippen LogP contribution in [0.1, 0.15) is 20.8 Å². The molecule has 2 rings (SSSR count). The van der Waals surface area contributed by atoms with Gasteiger partial charge in [0, 0.05) is 11.0 Å². The van der Waals surface area contributed by atoms with Crippen LogP contribution in [-0.2, 0) is 4.79 Å². The van der Waals surface area contributed by atoms with Gasteiger partial charge in [0.05, 0.1) is 0 Å². The summed E-state index contributed by atoms with van der Waals surface area (Å²) in [4.78, 5) is 14.8. The number of hydrogen-bond acceptors (Lipinski definition) is 3. The predicted molar refractivity (Wildman–Crippen MR) is 69.9 cm³/mol. The molecule has 18 heavy (non-hydrogen) atoms. The fourth-order valence-corrected chi connectivity index (χ4v) is 1.34. The number of anilines is 1. The van der Waals surface area contributed by atoms with Crippen molar-refractivity contribution in [3.63, 3.8) is 0 Å². The van der Waals surface area contributed by atoms with Crippen LogP contribution in [0.3, 0.4) is 0 Å². The summed E-state index contributed by atoms with van der Waals surface area (Å²) in [6.45, 7) is 5.53. The van der Waals surface area contributed by atoms with E-state index in [2.05, 4.69) is 20.5 Å². The first-order valence-corrected chi connectivity index (χ1v) is 5.76. The molecule has 2 N–H and O–H groups in total. The van der Waals surface area contributed by atoms with E-state index in [1.54, 1.807) is 0 Å². The van der Waals surface area contributed by atoms with Crippen LogP contribution < -0.4 is 5.32 Å². The summed E-state index contributed by atoms with van der Waals surface area (Å²) in [5.41, 5.74) is 0.473. The number of hydrogen-bond donors (Lipinski definition) is 2. The van der Waals surface area contributed by atoms with Crippen LogP contribution in [0.5, 0.6) is 0 Å². The van der Waals surface area contributed by atoms with E-state index in [9.17, 15) is 4.79 Å². The van der Waals surface area contributed by atoms with E-state index in [4.69, 9.17) is 0 Å². The van der Waals surface area contributed by atoms with Crippen molar-refractivity contribution in [2.45, 2.75) is 20.8 Å². The molecule has 0 atom stereocenters. The van der Waals surface area contributed by atoms with Crippen LogP contribution >= 0.6 is 0 Å². The zero-order chi connectivity index (χ0) is 13.2. The maximum absolute atomic E-state index is 11.8. The van der Waals surface area contributed by atoms with Crippen LogP contribution in [0.4, 0.5) is 5.95 Å². The van der Waals surface area contributed by atoms with Crippen LogP contribution in [0.25, 0.3) is 11.4 Å². The molecule has 94 valence electrons. The number of aromatic nitrogens is 3. The van der Waals surface area contributed by atoms with Crippen molar-refractivity contribution in [2.75, 3.05) is 5.32 Å². The maximum atomic E-state index is 11.8. The highest BCUT2D eigenvalue weighted by molar-refractivity contribution is 5.93. The average molecular weight is 244 g/mol. The number of nitrogens with zero attached hydrogens (tertiary/aromatic N) is 2. The Hall–Kier alpha value is -2.17. The first kappa shape index (κ1) is 12.3. The standard InChI is InChI=1S/C13H16N4O/c1-13(2,3)11(18)15-12-14-10(16-17-12)9-7-5-4-6-8-9/h4-8H,1-3H3,(H2,14,15,16,17,18). The molecule has 1 aromatic carbocycles. The summed E-state index contributed by atoms with van der Waals surface area (Å²) < 4.78 is 0. The van der Waals surface area contributed by atoms with Gasteiger partial charge in [0.1, 0.15) is 0 Å². The van der Waals surface area contributed by atoms with E-state index in [1.165, 1.54) is 0 Å². The Kier molecular flexibility index (Phi) is 3.14. The van der Waals surface area contributed by atoms with Crippen LogP contribution in [0.2, 0.25) is 0 Å². The number of aromatic amines is 1. The smallest absolute Gasteiger partial charge is 0.232 e. The molecule has 1 aromatic heterocycles. The molecule has 0 spiro atoms. The maximum Gasteiger partial charge on any atom is 0.232 e. The SMILES string of the molecule is CC(C)(C)C(=O)Nc1nnc(-c2ccccc2)[nH]1. The Balaban J connectivity index is 2.15. The number of nitrogens with one attached hydrogen (secondary N) is 2. The molecule has 5 nitrogen and oxygen atoms in total. The van der Waals surface area contributed by atoms with Gasteiger partial charge in [-0.2, -0.15) is 0 Å². The van der Waals surface area contributed by atoms with E-state index in [0.717, 1.165) is 5.56 Å². The summed E-state index contributed by atoms with van der Waals surface area (Å²) in [5, 5.41) is 10.6. The van der Waals surface area contributed by atoms with Crippen LogP contribution in [0.15, 0.2) is 30.3 Å². The quantitative estimate of drug-likeness (QED) is 0.852. The van der Waals surface area contributed by atoms with Gasteiger partial charge in [0.2, 0.25) is 11.9 Å². The summed E-state index contributed by atoms with van der Waals surface area (Å²) in [5.74, 6) is 0.909. The Labute approximate surface area is 106 Å². The first-order valence-electron chi connectivity index (χ1n) is 5.76. The third kappa shape index (κ3) is 2.74. The van der Waals surface area contributed by atoms with Crippen molar-refractivity contribution in [1.82, 2.24) is 15.2 Å². The number of carbonyl (C=O) groups excluding carboxylic acids is 1. The average Bonchev–Trinajstić information content (AvgIpc) is 2.77. The molecular formula is C13H16N4O. The molecule has 0 bridgehead atoms. The molecule has 0 aliphatic carbocycles. The molecule has 1 amide bonds. The number of amides is 1. The Morgan fingerprint density at radius 2 is 1.83 bits per heavy atom. The number of rotatable bonds is 2. The fraction of sp³-hybridized carbons (Fsp3) is 0.308. The van der Waals surface area contributed by atoms with Gasteiger partial charge in [-0.3, -0.25) is 10.1 Å². The fourth-order valence-electron chi connectivity index (χ4n) is 1.34. The first-order chi connectivity index (χ1) is 8.47. The normalized spacial score (nSPS) is 11.3. The molecule has 0 saturated carbocycles. The van der Waals surface area contributed by atoms with Gasteiger partial charge < -0.3 is 4.98 Å². The zero-order valence-corrected chi connectivity index (χ0v) is 10.7. The lowest BCUT2D eigenvalue weighted by Gasteiger charge is -2.15. The molecule has 0 saturated heterocycles. The topological polar surface area (TPSA) is 70.7 Å². The van der Waals surface area contributed by atoms with Crippen molar-refractivity contribution >= 4 is 11.9 Å². The summed E-state index contributed by atoms with van der Waals surface area (Å²) >= 11 is 0. The largest absolute Gasteiger partial charge is 0.307 e. The second-order valence-electron chi connectivity index (χ2n) is 5.09. The third-order valence-electron chi connectivity index (χ3n) is 2.45. The molecular weight excluding hydrogens is 228 g/mol. The van der Waals surface area contributed by atoms with Gasteiger partial charge >= 0.3 is 0 Å². The highest BCUT2D eigenvalue weighted by Crippen LogP contribution is 2.18. The number of benzene rings is 1. The summed E-state index contributed by atoms with van der Waals surface area (Å²) in [7, 11) is 0. The number of carbonyl (C=O) groups is 1. The minimum Gasteiger partial charge on any atom is -0.307 e. The lowest BCUT2D eigenvalue weighted by molar-refractivity contribution is -0.123. The van der Waals surface area contributed by atoms with Crippen molar-refractivity contribution in [3.05, 3.63) is 30.3 Å². The minimum atomic E-state index is -0.459. The number of H-pyrrole nitrogens is 1. The van der Waals surface area contributed by atoms with Gasteiger partial charge in [0.15, 0.2) is 5.82 Å². The van der Waals surface area contributed by atoms with E-state index in [0.29, 0.717) is 11.8 Å². The van der Waals surface area contributed by atoms with E-state index < -0.39 is 5.41 Å². The summed E-state index contributed by atoms with van der Waals surface area (Å²) in [6, 6.07) is 9.63. The molecule has 5 heteroatoms. The zero-order valence-electron chi connectivity index (χ0n) is 10.7. The molecule has 0 fully saturated rings. The van der Waals surface area contributed by atoms with Gasteiger partial charge in [0.25, 0.3) is 0 Å². The molecule has 0 unspecified atom stereocenters.